The van der Waals surface area contributed by atoms with Crippen LogP contribution in [0, 0.1) is 5.82 Å². The van der Waals surface area contributed by atoms with Gasteiger partial charge in [0, 0.05) is 19.1 Å². The monoisotopic (exact) mass is 238 g/mol. The van der Waals surface area contributed by atoms with Gasteiger partial charge >= 0.3 is 0 Å². The number of hydrogen-bond acceptors (Lipinski definition) is 3. The molecule has 1 heterocycles. The van der Waals surface area contributed by atoms with Crippen LogP contribution in [0.1, 0.15) is 25.5 Å². The zero-order valence-corrected chi connectivity index (χ0v) is 10.3. The summed E-state index contributed by atoms with van der Waals surface area (Å²) in [7, 11) is 0. The SMILES string of the molecule is CC1CN(c2ccc([C@H](C)N)cc2F)CCO1. The number of rotatable bonds is 2. The maximum Gasteiger partial charge on any atom is 0.146 e. The summed E-state index contributed by atoms with van der Waals surface area (Å²) in [5.74, 6) is -0.200. The molecule has 0 spiro atoms. The average Bonchev–Trinajstić information content (AvgIpc) is 2.28. The lowest BCUT2D eigenvalue weighted by molar-refractivity contribution is 0.0530. The van der Waals surface area contributed by atoms with Gasteiger partial charge in [-0.15, -0.1) is 0 Å². The fourth-order valence-electron chi connectivity index (χ4n) is 2.10. The summed E-state index contributed by atoms with van der Waals surface area (Å²) in [6, 6.07) is 5.09. The fourth-order valence-corrected chi connectivity index (χ4v) is 2.10. The van der Waals surface area contributed by atoms with Gasteiger partial charge < -0.3 is 15.4 Å². The Morgan fingerprint density at radius 2 is 2.29 bits per heavy atom. The highest BCUT2D eigenvalue weighted by Crippen LogP contribution is 2.24. The molecule has 1 aromatic carbocycles. The minimum absolute atomic E-state index is 0.137. The standard InChI is InChI=1S/C13H19FN2O/c1-9-8-16(5-6-17-9)13-4-3-11(10(2)15)7-12(13)14/h3-4,7,9-10H,5-6,8,15H2,1-2H3/t9?,10-/m0/s1. The molecule has 2 atom stereocenters. The molecular weight excluding hydrogens is 219 g/mol. The van der Waals surface area contributed by atoms with Gasteiger partial charge in [-0.1, -0.05) is 6.07 Å². The molecule has 1 aromatic rings. The minimum atomic E-state index is -0.200. The molecule has 1 aliphatic rings. The summed E-state index contributed by atoms with van der Waals surface area (Å²) < 4.78 is 19.4. The maximum absolute atomic E-state index is 14.0. The molecule has 0 aromatic heterocycles. The second-order valence-electron chi connectivity index (χ2n) is 4.63. The van der Waals surface area contributed by atoms with Crippen molar-refractivity contribution in [3.05, 3.63) is 29.6 Å². The first-order valence-corrected chi connectivity index (χ1v) is 5.99. The van der Waals surface area contributed by atoms with Crippen molar-refractivity contribution in [1.29, 1.82) is 0 Å². The zero-order chi connectivity index (χ0) is 12.4. The predicted molar refractivity (Wildman–Crippen MR) is 66.6 cm³/mol. The largest absolute Gasteiger partial charge is 0.375 e. The molecule has 2 N–H and O–H groups in total. The molecule has 0 radical (unpaired) electrons. The second kappa shape index (κ2) is 5.02. The Kier molecular flexibility index (Phi) is 3.64. The molecule has 1 unspecified atom stereocenters. The van der Waals surface area contributed by atoms with Crippen molar-refractivity contribution in [3.63, 3.8) is 0 Å². The van der Waals surface area contributed by atoms with Crippen molar-refractivity contribution in [3.8, 4) is 0 Å². The average molecular weight is 238 g/mol. The smallest absolute Gasteiger partial charge is 0.146 e. The lowest BCUT2D eigenvalue weighted by Crippen LogP contribution is -2.41. The molecule has 0 saturated carbocycles. The molecular formula is C13H19FN2O. The fraction of sp³-hybridized carbons (Fsp3) is 0.538. The second-order valence-corrected chi connectivity index (χ2v) is 4.63. The molecule has 4 heteroatoms. The van der Waals surface area contributed by atoms with E-state index in [4.69, 9.17) is 10.5 Å². The summed E-state index contributed by atoms with van der Waals surface area (Å²) in [6.07, 6.45) is 0.149. The number of halogens is 1. The van der Waals surface area contributed by atoms with Gasteiger partial charge in [-0.3, -0.25) is 0 Å². The van der Waals surface area contributed by atoms with Gasteiger partial charge in [0.25, 0.3) is 0 Å². The predicted octanol–water partition coefficient (Wildman–Crippen LogP) is 2.07. The summed E-state index contributed by atoms with van der Waals surface area (Å²) >= 11 is 0. The van der Waals surface area contributed by atoms with E-state index in [-0.39, 0.29) is 18.0 Å². The Morgan fingerprint density at radius 1 is 1.53 bits per heavy atom. The van der Waals surface area contributed by atoms with E-state index in [0.29, 0.717) is 12.3 Å². The molecule has 0 amide bonds. The number of hydrogen-bond donors (Lipinski definition) is 1. The minimum Gasteiger partial charge on any atom is -0.375 e. The van der Waals surface area contributed by atoms with Crippen LogP contribution < -0.4 is 10.6 Å². The first-order chi connectivity index (χ1) is 8.08. The third kappa shape index (κ3) is 2.76. The first kappa shape index (κ1) is 12.3. The molecule has 1 aliphatic heterocycles. The number of nitrogens with zero attached hydrogens (tertiary/aromatic N) is 1. The first-order valence-electron chi connectivity index (χ1n) is 5.99. The number of benzene rings is 1. The summed E-state index contributed by atoms with van der Waals surface area (Å²) in [4.78, 5) is 2.02. The molecule has 2 rings (SSSR count). The van der Waals surface area contributed by atoms with E-state index in [1.807, 2.05) is 30.9 Å². The van der Waals surface area contributed by atoms with Gasteiger partial charge in [-0.2, -0.15) is 0 Å². The van der Waals surface area contributed by atoms with Gasteiger partial charge in [-0.05, 0) is 31.5 Å². The highest BCUT2D eigenvalue weighted by atomic mass is 19.1. The van der Waals surface area contributed by atoms with Crippen LogP contribution in [-0.4, -0.2) is 25.8 Å². The van der Waals surface area contributed by atoms with Crippen molar-refractivity contribution in [2.24, 2.45) is 5.73 Å². The van der Waals surface area contributed by atoms with Crippen LogP contribution in [0.25, 0.3) is 0 Å². The van der Waals surface area contributed by atoms with E-state index in [2.05, 4.69) is 0 Å². The lowest BCUT2D eigenvalue weighted by atomic mass is 10.1. The highest BCUT2D eigenvalue weighted by molar-refractivity contribution is 5.50. The normalized spacial score (nSPS) is 22.6. The van der Waals surface area contributed by atoms with Gasteiger partial charge in [0.05, 0.1) is 18.4 Å². The molecule has 1 fully saturated rings. The van der Waals surface area contributed by atoms with Crippen LogP contribution in [0.5, 0.6) is 0 Å². The Hall–Kier alpha value is -1.13. The summed E-state index contributed by atoms with van der Waals surface area (Å²) in [5.41, 5.74) is 7.20. The van der Waals surface area contributed by atoms with Gasteiger partial charge in [0.15, 0.2) is 0 Å². The van der Waals surface area contributed by atoms with Crippen LogP contribution in [0.15, 0.2) is 18.2 Å². The number of ether oxygens (including phenoxy) is 1. The van der Waals surface area contributed by atoms with Crippen molar-refractivity contribution in [2.75, 3.05) is 24.6 Å². The molecule has 3 nitrogen and oxygen atoms in total. The molecule has 1 saturated heterocycles. The van der Waals surface area contributed by atoms with E-state index in [0.717, 1.165) is 18.7 Å². The van der Waals surface area contributed by atoms with Crippen molar-refractivity contribution >= 4 is 5.69 Å². The van der Waals surface area contributed by atoms with Crippen LogP contribution >= 0.6 is 0 Å². The van der Waals surface area contributed by atoms with Gasteiger partial charge in [0.2, 0.25) is 0 Å². The number of anilines is 1. The third-order valence-corrected chi connectivity index (χ3v) is 3.08. The van der Waals surface area contributed by atoms with Crippen LogP contribution in [-0.2, 0) is 4.74 Å². The van der Waals surface area contributed by atoms with E-state index >= 15 is 0 Å². The van der Waals surface area contributed by atoms with E-state index in [1.54, 1.807) is 0 Å². The molecule has 94 valence electrons. The Labute approximate surface area is 101 Å². The number of nitrogens with two attached hydrogens (primary N) is 1. The van der Waals surface area contributed by atoms with E-state index in [9.17, 15) is 4.39 Å². The quantitative estimate of drug-likeness (QED) is 0.857. The van der Waals surface area contributed by atoms with E-state index < -0.39 is 0 Å². The zero-order valence-electron chi connectivity index (χ0n) is 10.3. The van der Waals surface area contributed by atoms with Crippen molar-refractivity contribution in [2.45, 2.75) is 26.0 Å². The molecule has 0 bridgehead atoms. The molecule has 0 aliphatic carbocycles. The Bertz CT molecular complexity index is 395. The third-order valence-electron chi connectivity index (χ3n) is 3.08. The van der Waals surface area contributed by atoms with Crippen molar-refractivity contribution in [1.82, 2.24) is 0 Å². The van der Waals surface area contributed by atoms with Crippen LogP contribution in [0.2, 0.25) is 0 Å². The Balaban J connectivity index is 2.21. The summed E-state index contributed by atoms with van der Waals surface area (Å²) in [6.45, 7) is 5.97. The van der Waals surface area contributed by atoms with Gasteiger partial charge in [-0.25, -0.2) is 4.39 Å². The maximum atomic E-state index is 14.0. The highest BCUT2D eigenvalue weighted by Gasteiger charge is 2.19. The van der Waals surface area contributed by atoms with E-state index in [1.165, 1.54) is 6.07 Å². The van der Waals surface area contributed by atoms with Crippen LogP contribution in [0.4, 0.5) is 10.1 Å². The molecule has 17 heavy (non-hydrogen) atoms. The van der Waals surface area contributed by atoms with Gasteiger partial charge in [0.1, 0.15) is 5.82 Å². The summed E-state index contributed by atoms with van der Waals surface area (Å²) in [5, 5.41) is 0. The van der Waals surface area contributed by atoms with Crippen molar-refractivity contribution < 1.29 is 9.13 Å². The van der Waals surface area contributed by atoms with Crippen LogP contribution in [0.3, 0.4) is 0 Å². The number of morpholine rings is 1. The topological polar surface area (TPSA) is 38.5 Å². The lowest BCUT2D eigenvalue weighted by Gasteiger charge is -2.33. The Morgan fingerprint density at radius 3 is 2.88 bits per heavy atom.